The van der Waals surface area contributed by atoms with Crippen molar-refractivity contribution in [2.24, 2.45) is 0 Å². The van der Waals surface area contributed by atoms with E-state index in [4.69, 9.17) is 4.74 Å². The molecule has 0 aliphatic carbocycles. The molecular formula is C26H30F3N3O2. The third-order valence-electron chi connectivity index (χ3n) is 6.63. The van der Waals surface area contributed by atoms with Crippen LogP contribution in [0.4, 0.5) is 18.9 Å². The molecule has 0 radical (unpaired) electrons. The Balaban J connectivity index is 1.31. The van der Waals surface area contributed by atoms with E-state index in [1.807, 2.05) is 36.4 Å². The van der Waals surface area contributed by atoms with E-state index in [1.54, 1.807) is 6.20 Å². The van der Waals surface area contributed by atoms with Gasteiger partial charge in [0.05, 0.1) is 18.8 Å². The van der Waals surface area contributed by atoms with Gasteiger partial charge in [0.15, 0.2) is 0 Å². The second-order valence-electron chi connectivity index (χ2n) is 9.34. The summed E-state index contributed by atoms with van der Waals surface area (Å²) < 4.78 is 43.9. The summed E-state index contributed by atoms with van der Waals surface area (Å²) >= 11 is 0. The Labute approximate surface area is 197 Å². The van der Waals surface area contributed by atoms with Gasteiger partial charge >= 0.3 is 6.18 Å². The number of aromatic amines is 1. The van der Waals surface area contributed by atoms with E-state index in [9.17, 15) is 18.0 Å². The fraction of sp³-hybridized carbons (Fsp3) is 0.423. The predicted octanol–water partition coefficient (Wildman–Crippen LogP) is 5.66. The molecule has 8 heteroatoms. The SMILES string of the molecule is CC(=O)Nc1c[nH]c2ccc(CCOc3ccc(C4(C)CCN(CC(F)(F)F)CC4)cc3)cc12. The van der Waals surface area contributed by atoms with Crippen molar-refractivity contribution in [1.29, 1.82) is 0 Å². The normalized spacial score (nSPS) is 16.5. The van der Waals surface area contributed by atoms with Gasteiger partial charge < -0.3 is 15.0 Å². The number of ether oxygens (including phenoxy) is 1. The summed E-state index contributed by atoms with van der Waals surface area (Å²) in [6, 6.07) is 14.0. The number of anilines is 1. The Kier molecular flexibility index (Phi) is 6.89. The standard InChI is InChI=1S/C26H30F3N3O2/c1-18(33)31-24-16-30-23-8-3-19(15-22(23)24)9-14-34-21-6-4-20(5-7-21)25(2)10-12-32(13-11-25)17-26(27,28)29/h3-8,15-16,30H,9-14,17H2,1-2H3,(H,31,33). The number of nitrogens with one attached hydrogen (secondary N) is 2. The van der Waals surface area contributed by atoms with E-state index >= 15 is 0 Å². The van der Waals surface area contributed by atoms with Crippen LogP contribution in [0.15, 0.2) is 48.7 Å². The second kappa shape index (κ2) is 9.70. The van der Waals surface area contributed by atoms with Crippen LogP contribution in [-0.2, 0) is 16.6 Å². The molecule has 2 aromatic carbocycles. The van der Waals surface area contributed by atoms with Gasteiger partial charge in [-0.25, -0.2) is 0 Å². The number of amides is 1. The van der Waals surface area contributed by atoms with Gasteiger partial charge in [-0.2, -0.15) is 13.2 Å². The van der Waals surface area contributed by atoms with Crippen LogP contribution in [0.2, 0.25) is 0 Å². The van der Waals surface area contributed by atoms with Crippen molar-refractivity contribution in [3.8, 4) is 5.75 Å². The molecule has 4 rings (SSSR count). The first-order valence-electron chi connectivity index (χ1n) is 11.5. The van der Waals surface area contributed by atoms with Crippen molar-refractivity contribution in [1.82, 2.24) is 9.88 Å². The molecule has 0 bridgehead atoms. The zero-order valence-electron chi connectivity index (χ0n) is 19.5. The quantitative estimate of drug-likeness (QED) is 0.465. The molecule has 5 nitrogen and oxygen atoms in total. The van der Waals surface area contributed by atoms with Gasteiger partial charge in [0.2, 0.25) is 5.91 Å². The van der Waals surface area contributed by atoms with Gasteiger partial charge in [0.25, 0.3) is 0 Å². The predicted molar refractivity (Wildman–Crippen MR) is 127 cm³/mol. The number of nitrogens with zero attached hydrogens (tertiary/aromatic N) is 1. The first-order valence-corrected chi connectivity index (χ1v) is 11.5. The average Bonchev–Trinajstić information content (AvgIpc) is 3.16. The molecule has 0 atom stereocenters. The topological polar surface area (TPSA) is 57.4 Å². The molecule has 2 N–H and O–H groups in total. The Bertz CT molecular complexity index is 1130. The second-order valence-corrected chi connectivity index (χ2v) is 9.34. The van der Waals surface area contributed by atoms with Crippen molar-refractivity contribution in [3.63, 3.8) is 0 Å². The number of hydrogen-bond acceptors (Lipinski definition) is 3. The highest BCUT2D eigenvalue weighted by molar-refractivity contribution is 6.01. The highest BCUT2D eigenvalue weighted by Gasteiger charge is 2.36. The van der Waals surface area contributed by atoms with Crippen LogP contribution in [0, 0.1) is 0 Å². The van der Waals surface area contributed by atoms with Crippen LogP contribution in [0.3, 0.4) is 0 Å². The van der Waals surface area contributed by atoms with Crippen molar-refractivity contribution < 1.29 is 22.7 Å². The summed E-state index contributed by atoms with van der Waals surface area (Å²) in [5.41, 5.74) is 3.83. The molecule has 1 aliphatic heterocycles. The van der Waals surface area contributed by atoms with E-state index in [0.717, 1.165) is 39.9 Å². The smallest absolute Gasteiger partial charge is 0.401 e. The maximum atomic E-state index is 12.7. The van der Waals surface area contributed by atoms with E-state index in [-0.39, 0.29) is 11.3 Å². The van der Waals surface area contributed by atoms with Crippen LogP contribution >= 0.6 is 0 Å². The fourth-order valence-electron chi connectivity index (χ4n) is 4.60. The number of carbonyl (C=O) groups excluding carboxylic acids is 1. The number of carbonyl (C=O) groups is 1. The van der Waals surface area contributed by atoms with Gasteiger partial charge in [0, 0.05) is 30.4 Å². The number of piperidine rings is 1. The number of H-pyrrole nitrogens is 1. The molecule has 1 saturated heterocycles. The van der Waals surface area contributed by atoms with Crippen molar-refractivity contribution in [2.75, 3.05) is 31.6 Å². The number of fused-ring (bicyclic) bond motifs is 1. The monoisotopic (exact) mass is 473 g/mol. The molecule has 3 aromatic rings. The van der Waals surface area contributed by atoms with E-state index in [2.05, 4.69) is 23.3 Å². The van der Waals surface area contributed by atoms with Crippen LogP contribution in [0.1, 0.15) is 37.8 Å². The minimum atomic E-state index is -4.14. The highest BCUT2D eigenvalue weighted by Crippen LogP contribution is 2.36. The van der Waals surface area contributed by atoms with Crippen molar-refractivity contribution >= 4 is 22.5 Å². The lowest BCUT2D eigenvalue weighted by Crippen LogP contribution is -2.44. The minimum Gasteiger partial charge on any atom is -0.493 e. The molecule has 0 unspecified atom stereocenters. The first kappa shape index (κ1) is 24.1. The summed E-state index contributed by atoms with van der Waals surface area (Å²) in [5.74, 6) is 0.655. The number of aromatic nitrogens is 1. The number of benzene rings is 2. The molecule has 1 aromatic heterocycles. The summed E-state index contributed by atoms with van der Waals surface area (Å²) in [4.78, 5) is 16.0. The number of hydrogen-bond donors (Lipinski definition) is 2. The summed E-state index contributed by atoms with van der Waals surface area (Å²) in [6.07, 6.45) is -0.242. The van der Waals surface area contributed by atoms with Gasteiger partial charge in [-0.3, -0.25) is 9.69 Å². The Hall–Kier alpha value is -3.00. The first-order chi connectivity index (χ1) is 16.1. The van der Waals surface area contributed by atoms with E-state index in [0.29, 0.717) is 32.5 Å². The molecule has 0 spiro atoms. The Morgan fingerprint density at radius 3 is 2.50 bits per heavy atom. The van der Waals surface area contributed by atoms with Gasteiger partial charge in [-0.1, -0.05) is 25.1 Å². The Morgan fingerprint density at radius 1 is 1.15 bits per heavy atom. The Morgan fingerprint density at radius 2 is 1.85 bits per heavy atom. The lowest BCUT2D eigenvalue weighted by atomic mass is 9.74. The molecular weight excluding hydrogens is 443 g/mol. The van der Waals surface area contributed by atoms with E-state index in [1.165, 1.54) is 11.8 Å². The van der Waals surface area contributed by atoms with Crippen LogP contribution in [-0.4, -0.2) is 48.2 Å². The van der Waals surface area contributed by atoms with Gasteiger partial charge in [-0.15, -0.1) is 0 Å². The minimum absolute atomic E-state index is 0.112. The highest BCUT2D eigenvalue weighted by atomic mass is 19.4. The van der Waals surface area contributed by atoms with Crippen molar-refractivity contribution in [3.05, 3.63) is 59.8 Å². The number of alkyl halides is 3. The largest absolute Gasteiger partial charge is 0.493 e. The molecule has 1 aliphatic rings. The molecule has 1 amide bonds. The number of likely N-dealkylation sites (tertiary alicyclic amines) is 1. The third-order valence-corrected chi connectivity index (χ3v) is 6.63. The zero-order chi connectivity index (χ0) is 24.3. The number of halogens is 3. The lowest BCUT2D eigenvalue weighted by Gasteiger charge is -2.40. The molecule has 2 heterocycles. The van der Waals surface area contributed by atoms with Crippen LogP contribution in [0.25, 0.3) is 10.9 Å². The van der Waals surface area contributed by atoms with E-state index < -0.39 is 12.7 Å². The summed E-state index contributed by atoms with van der Waals surface area (Å²) in [7, 11) is 0. The summed E-state index contributed by atoms with van der Waals surface area (Å²) in [6.45, 7) is 4.18. The van der Waals surface area contributed by atoms with Gasteiger partial charge in [0.1, 0.15) is 5.75 Å². The molecule has 1 fully saturated rings. The van der Waals surface area contributed by atoms with Gasteiger partial charge in [-0.05, 0) is 66.7 Å². The molecule has 182 valence electrons. The maximum Gasteiger partial charge on any atom is 0.401 e. The molecule has 0 saturated carbocycles. The fourth-order valence-corrected chi connectivity index (χ4v) is 4.60. The number of rotatable bonds is 7. The third kappa shape index (κ3) is 5.91. The zero-order valence-corrected chi connectivity index (χ0v) is 19.5. The lowest BCUT2D eigenvalue weighted by molar-refractivity contribution is -0.149. The van der Waals surface area contributed by atoms with Crippen molar-refractivity contribution in [2.45, 2.75) is 44.7 Å². The van der Waals surface area contributed by atoms with Crippen LogP contribution < -0.4 is 10.1 Å². The maximum absolute atomic E-state index is 12.7. The van der Waals surface area contributed by atoms with Crippen LogP contribution in [0.5, 0.6) is 5.75 Å². The molecule has 34 heavy (non-hydrogen) atoms. The summed E-state index contributed by atoms with van der Waals surface area (Å²) in [5, 5.41) is 3.79. The average molecular weight is 474 g/mol.